The fourth-order valence-corrected chi connectivity index (χ4v) is 13.4. The molecule has 146 valence electrons. The van der Waals surface area contributed by atoms with Gasteiger partial charge in [-0.05, 0) is 0 Å². The van der Waals surface area contributed by atoms with Crippen molar-refractivity contribution in [2.75, 3.05) is 21.3 Å². The normalized spacial score (nSPS) is 10.8. The zero-order valence-corrected chi connectivity index (χ0v) is 22.8. The van der Waals surface area contributed by atoms with Gasteiger partial charge in [-0.25, -0.2) is 0 Å². The molecule has 3 aromatic carbocycles. The molecule has 0 unspecified atom stereocenters. The standard InChI is InChI=1S/3C7H6BrO.Sb/c3*1-9-7-4-2-6(8)3-5-7;/h3*2-4H,1H3;. The van der Waals surface area contributed by atoms with Crippen molar-refractivity contribution in [3.8, 4) is 17.2 Å². The van der Waals surface area contributed by atoms with Gasteiger partial charge in [-0.15, -0.1) is 0 Å². The van der Waals surface area contributed by atoms with Crippen LogP contribution < -0.4 is 24.7 Å². The zero-order chi connectivity index (χ0) is 20.3. The minimum atomic E-state index is -2.62. The summed E-state index contributed by atoms with van der Waals surface area (Å²) in [5, 5.41) is 0. The summed E-state index contributed by atoms with van der Waals surface area (Å²) >= 11 is 8.27. The second-order valence-electron chi connectivity index (χ2n) is 5.78. The van der Waals surface area contributed by atoms with Crippen LogP contribution in [0.2, 0.25) is 0 Å². The van der Waals surface area contributed by atoms with Crippen LogP contribution in [0.15, 0.2) is 68.0 Å². The van der Waals surface area contributed by atoms with Crippen LogP contribution in [0.4, 0.5) is 0 Å². The average Bonchev–Trinajstić information content (AvgIpc) is 2.69. The van der Waals surface area contributed by atoms with Crippen molar-refractivity contribution in [1.29, 1.82) is 0 Å². The van der Waals surface area contributed by atoms with Crippen molar-refractivity contribution in [2.24, 2.45) is 0 Å². The van der Waals surface area contributed by atoms with Gasteiger partial charge in [-0.2, -0.15) is 0 Å². The summed E-state index contributed by atoms with van der Waals surface area (Å²) in [6, 6.07) is 18.5. The van der Waals surface area contributed by atoms with Gasteiger partial charge >= 0.3 is 199 Å². The Morgan fingerprint density at radius 3 is 1.07 bits per heavy atom. The van der Waals surface area contributed by atoms with Crippen LogP contribution in [-0.2, 0) is 0 Å². The molecule has 3 rings (SSSR count). The summed E-state index contributed by atoms with van der Waals surface area (Å²) in [7, 11) is 5.13. The molecule has 0 N–H and O–H groups in total. The summed E-state index contributed by atoms with van der Waals surface area (Å²) in [4.78, 5) is 0. The predicted molar refractivity (Wildman–Crippen MR) is 127 cm³/mol. The maximum atomic E-state index is 5.75. The summed E-state index contributed by atoms with van der Waals surface area (Å²) in [6.07, 6.45) is 0. The number of halogens is 3. The Morgan fingerprint density at radius 1 is 0.536 bits per heavy atom. The van der Waals surface area contributed by atoms with E-state index in [0.717, 1.165) is 30.7 Å². The molecule has 3 nitrogen and oxygen atoms in total. The number of methoxy groups -OCH3 is 3. The number of ether oxygens (including phenoxy) is 3. The summed E-state index contributed by atoms with van der Waals surface area (Å²) in [5.41, 5.74) is 0. The van der Waals surface area contributed by atoms with Gasteiger partial charge in [0.25, 0.3) is 0 Å². The molecule has 0 saturated carbocycles. The van der Waals surface area contributed by atoms with Crippen LogP contribution in [0.5, 0.6) is 17.2 Å². The van der Waals surface area contributed by atoms with Crippen LogP contribution in [0.3, 0.4) is 0 Å². The first kappa shape index (κ1) is 22.0. The molecule has 0 saturated heterocycles. The van der Waals surface area contributed by atoms with Gasteiger partial charge < -0.3 is 0 Å². The van der Waals surface area contributed by atoms with E-state index in [-0.39, 0.29) is 0 Å². The maximum absolute atomic E-state index is 5.75. The molecule has 0 aliphatic heterocycles. The first-order valence-electron chi connectivity index (χ1n) is 8.29. The molecular weight excluding hydrogens is 662 g/mol. The first-order valence-corrected chi connectivity index (χ1v) is 14.5. The van der Waals surface area contributed by atoms with Crippen molar-refractivity contribution in [3.63, 3.8) is 0 Å². The monoisotopic (exact) mass is 676 g/mol. The first-order chi connectivity index (χ1) is 13.5. The Labute approximate surface area is 197 Å². The van der Waals surface area contributed by atoms with E-state index >= 15 is 0 Å². The Bertz CT molecular complexity index is 867. The molecule has 0 amide bonds. The van der Waals surface area contributed by atoms with Crippen LogP contribution in [0.1, 0.15) is 0 Å². The Balaban J connectivity index is 2.38. The summed E-state index contributed by atoms with van der Waals surface area (Å²) < 4.78 is 23.9. The Kier molecular flexibility index (Phi) is 7.77. The van der Waals surface area contributed by atoms with Crippen LogP contribution in [-0.4, -0.2) is 41.5 Å². The van der Waals surface area contributed by atoms with Crippen molar-refractivity contribution in [1.82, 2.24) is 0 Å². The van der Waals surface area contributed by atoms with Gasteiger partial charge in [-0.3, -0.25) is 0 Å². The summed E-state index contributed by atoms with van der Waals surface area (Å²) in [6.45, 7) is 0. The third-order valence-electron chi connectivity index (χ3n) is 4.15. The van der Waals surface area contributed by atoms with E-state index in [1.165, 1.54) is 10.5 Å². The molecule has 7 heteroatoms. The average molecular weight is 680 g/mol. The van der Waals surface area contributed by atoms with Gasteiger partial charge in [0.1, 0.15) is 0 Å². The van der Waals surface area contributed by atoms with E-state index in [0.29, 0.717) is 0 Å². The third-order valence-corrected chi connectivity index (χ3v) is 12.7. The molecular formula is C21H18Br3O3Sb. The zero-order valence-electron chi connectivity index (χ0n) is 15.5. The van der Waals surface area contributed by atoms with Crippen molar-refractivity contribution >= 4 is 78.5 Å². The molecule has 0 aromatic heterocycles. The SMILES string of the molecule is COc1ccc(Br)c[c]1[Sb]([c]1cc(Br)ccc1OC)[c]1cc(Br)ccc1OC. The number of hydrogen-bond acceptors (Lipinski definition) is 3. The van der Waals surface area contributed by atoms with Crippen LogP contribution >= 0.6 is 47.8 Å². The third kappa shape index (κ3) is 4.72. The van der Waals surface area contributed by atoms with Gasteiger partial charge in [-0.1, -0.05) is 0 Å². The molecule has 0 heterocycles. The van der Waals surface area contributed by atoms with E-state index in [2.05, 4.69) is 66.0 Å². The second-order valence-corrected chi connectivity index (χ2v) is 14.6. The van der Waals surface area contributed by atoms with Crippen molar-refractivity contribution in [2.45, 2.75) is 0 Å². The molecule has 0 spiro atoms. The molecule has 0 fully saturated rings. The van der Waals surface area contributed by atoms with Gasteiger partial charge in [0.15, 0.2) is 0 Å². The van der Waals surface area contributed by atoms with Crippen molar-refractivity contribution < 1.29 is 14.2 Å². The van der Waals surface area contributed by atoms with Gasteiger partial charge in [0.05, 0.1) is 0 Å². The van der Waals surface area contributed by atoms with Crippen LogP contribution in [0, 0.1) is 0 Å². The molecule has 3 aromatic rings. The molecule has 0 aliphatic rings. The van der Waals surface area contributed by atoms with E-state index < -0.39 is 20.2 Å². The van der Waals surface area contributed by atoms with E-state index in [1.54, 1.807) is 21.3 Å². The molecule has 0 radical (unpaired) electrons. The Morgan fingerprint density at radius 2 is 0.821 bits per heavy atom. The van der Waals surface area contributed by atoms with E-state index in [1.807, 2.05) is 36.4 Å². The second kappa shape index (κ2) is 9.88. The summed E-state index contributed by atoms with van der Waals surface area (Å²) in [5.74, 6) is 2.61. The fourth-order valence-electron chi connectivity index (χ4n) is 2.90. The van der Waals surface area contributed by atoms with E-state index in [4.69, 9.17) is 14.2 Å². The number of benzene rings is 3. The Hall–Kier alpha value is -0.682. The van der Waals surface area contributed by atoms with Gasteiger partial charge in [0.2, 0.25) is 0 Å². The minimum absolute atomic E-state index is 0.871. The fraction of sp³-hybridized carbons (Fsp3) is 0.143. The topological polar surface area (TPSA) is 27.7 Å². The predicted octanol–water partition coefficient (Wildman–Crippen LogP) is 4.52. The van der Waals surface area contributed by atoms with E-state index in [9.17, 15) is 0 Å². The van der Waals surface area contributed by atoms with Crippen LogP contribution in [0.25, 0.3) is 0 Å². The van der Waals surface area contributed by atoms with Gasteiger partial charge in [0, 0.05) is 0 Å². The number of rotatable bonds is 6. The quantitative estimate of drug-likeness (QED) is 0.359. The number of hydrogen-bond donors (Lipinski definition) is 0. The molecule has 0 aliphatic carbocycles. The molecule has 28 heavy (non-hydrogen) atoms. The van der Waals surface area contributed by atoms with Crippen molar-refractivity contribution in [3.05, 3.63) is 68.0 Å². The molecule has 0 bridgehead atoms. The molecule has 0 atom stereocenters.